The number of hydrogen-bond donors (Lipinski definition) is 1. The molecule has 0 aliphatic carbocycles. The fraction of sp³-hybridized carbons (Fsp3) is 0.765. The van der Waals surface area contributed by atoms with Crippen molar-refractivity contribution >= 4 is 17.7 Å². The highest BCUT2D eigenvalue weighted by Gasteiger charge is 2.21. The van der Waals surface area contributed by atoms with Gasteiger partial charge in [-0.05, 0) is 39.2 Å². The number of rotatable bonds is 5. The molecule has 1 aliphatic heterocycles. The van der Waals surface area contributed by atoms with Gasteiger partial charge in [0.05, 0.1) is 5.69 Å². The second-order valence-corrected chi connectivity index (χ2v) is 7.51. The summed E-state index contributed by atoms with van der Waals surface area (Å²) in [6, 6.07) is 0. The third kappa shape index (κ3) is 4.66. The molecule has 0 amide bonds. The van der Waals surface area contributed by atoms with E-state index in [0.717, 1.165) is 49.5 Å². The van der Waals surface area contributed by atoms with Crippen LogP contribution in [0.25, 0.3) is 0 Å². The number of aryl methyl sites for hydroxylation is 2. The van der Waals surface area contributed by atoms with Crippen LogP contribution < -0.4 is 5.32 Å². The number of aromatic nitrogens is 2. The Balaban J connectivity index is 2.01. The van der Waals surface area contributed by atoms with Crippen LogP contribution in [0.2, 0.25) is 0 Å². The topological polar surface area (TPSA) is 45.5 Å². The van der Waals surface area contributed by atoms with Gasteiger partial charge in [0.1, 0.15) is 0 Å². The molecular formula is C17H31N5S. The largest absolute Gasteiger partial charge is 0.357 e. The van der Waals surface area contributed by atoms with Gasteiger partial charge in [-0.1, -0.05) is 6.92 Å². The molecule has 0 spiro atoms. The molecule has 6 heteroatoms. The van der Waals surface area contributed by atoms with Gasteiger partial charge in [0.15, 0.2) is 5.96 Å². The van der Waals surface area contributed by atoms with E-state index in [4.69, 9.17) is 4.99 Å². The van der Waals surface area contributed by atoms with Gasteiger partial charge in [-0.2, -0.15) is 16.9 Å². The van der Waals surface area contributed by atoms with Crippen LogP contribution in [0, 0.1) is 13.8 Å². The van der Waals surface area contributed by atoms with E-state index in [2.05, 4.69) is 54.8 Å². The van der Waals surface area contributed by atoms with Crippen LogP contribution in [-0.2, 0) is 13.5 Å². The van der Waals surface area contributed by atoms with Crippen molar-refractivity contribution in [1.82, 2.24) is 20.0 Å². The quantitative estimate of drug-likeness (QED) is 0.662. The molecule has 0 bridgehead atoms. The van der Waals surface area contributed by atoms with Gasteiger partial charge >= 0.3 is 0 Å². The van der Waals surface area contributed by atoms with E-state index < -0.39 is 0 Å². The third-order valence-corrected chi connectivity index (χ3v) is 5.88. The van der Waals surface area contributed by atoms with E-state index in [1.54, 1.807) is 0 Å². The number of hydrogen-bond acceptors (Lipinski definition) is 3. The molecule has 2 heterocycles. The molecular weight excluding hydrogens is 306 g/mol. The first-order chi connectivity index (χ1) is 11.1. The Bertz CT molecular complexity index is 537. The zero-order chi connectivity index (χ0) is 16.8. The van der Waals surface area contributed by atoms with E-state index in [-0.39, 0.29) is 0 Å². The second-order valence-electron chi connectivity index (χ2n) is 6.11. The Morgan fingerprint density at radius 3 is 2.78 bits per heavy atom. The van der Waals surface area contributed by atoms with Gasteiger partial charge in [-0.15, -0.1) is 0 Å². The number of nitrogens with one attached hydrogen (secondary N) is 1. The molecule has 0 radical (unpaired) electrons. The van der Waals surface area contributed by atoms with Crippen molar-refractivity contribution in [2.75, 3.05) is 31.9 Å². The maximum Gasteiger partial charge on any atom is 0.193 e. The Morgan fingerprint density at radius 2 is 2.17 bits per heavy atom. The third-order valence-electron chi connectivity index (χ3n) is 4.51. The van der Waals surface area contributed by atoms with Crippen molar-refractivity contribution < 1.29 is 0 Å². The van der Waals surface area contributed by atoms with Crippen LogP contribution in [0.1, 0.15) is 37.2 Å². The second kappa shape index (κ2) is 8.62. The first-order valence-electron chi connectivity index (χ1n) is 8.70. The van der Waals surface area contributed by atoms with Gasteiger partial charge in [0, 0.05) is 49.9 Å². The van der Waals surface area contributed by atoms with Crippen molar-refractivity contribution in [3.8, 4) is 0 Å². The van der Waals surface area contributed by atoms with Crippen LogP contribution in [0.5, 0.6) is 0 Å². The summed E-state index contributed by atoms with van der Waals surface area (Å²) in [5, 5.41) is 8.69. The Hall–Kier alpha value is -1.17. The van der Waals surface area contributed by atoms with Crippen molar-refractivity contribution in [2.45, 2.75) is 45.8 Å². The number of nitrogens with zero attached hydrogens (tertiary/aromatic N) is 4. The van der Waals surface area contributed by atoms with Crippen molar-refractivity contribution in [1.29, 1.82) is 0 Å². The van der Waals surface area contributed by atoms with Crippen molar-refractivity contribution in [3.63, 3.8) is 0 Å². The summed E-state index contributed by atoms with van der Waals surface area (Å²) in [6.45, 7) is 12.6. The molecule has 0 aromatic carbocycles. The lowest BCUT2D eigenvalue weighted by molar-refractivity contribution is 0.408. The summed E-state index contributed by atoms with van der Waals surface area (Å²) in [4.78, 5) is 7.31. The zero-order valence-electron chi connectivity index (χ0n) is 15.2. The maximum absolute atomic E-state index is 4.88. The first-order valence-corrected chi connectivity index (χ1v) is 9.75. The summed E-state index contributed by atoms with van der Waals surface area (Å²) in [5.74, 6) is 2.27. The highest BCUT2D eigenvalue weighted by atomic mass is 32.2. The normalized spacial score (nSPS) is 19.3. The number of aliphatic imine (C=N–C) groups is 1. The fourth-order valence-corrected chi connectivity index (χ4v) is 4.22. The minimum atomic E-state index is 0.732. The minimum absolute atomic E-state index is 0.732. The average molecular weight is 338 g/mol. The monoisotopic (exact) mass is 337 g/mol. The number of guanidine groups is 1. The van der Waals surface area contributed by atoms with Gasteiger partial charge in [0.2, 0.25) is 0 Å². The summed E-state index contributed by atoms with van der Waals surface area (Å²) in [7, 11) is 2.01. The number of thioether (sulfide) groups is 1. The molecule has 5 nitrogen and oxygen atoms in total. The van der Waals surface area contributed by atoms with Crippen LogP contribution in [-0.4, -0.2) is 57.8 Å². The molecule has 2 rings (SSSR count). The molecule has 1 aromatic heterocycles. The smallest absolute Gasteiger partial charge is 0.193 e. The molecule has 1 fully saturated rings. The van der Waals surface area contributed by atoms with E-state index in [1.807, 2.05) is 11.7 Å². The van der Waals surface area contributed by atoms with Crippen molar-refractivity contribution in [3.05, 3.63) is 17.0 Å². The zero-order valence-corrected chi connectivity index (χ0v) is 16.0. The van der Waals surface area contributed by atoms with Crippen LogP contribution in [0.3, 0.4) is 0 Å². The molecule has 130 valence electrons. The van der Waals surface area contributed by atoms with Crippen LogP contribution >= 0.6 is 11.8 Å². The lowest BCUT2D eigenvalue weighted by atomic mass is 10.1. The van der Waals surface area contributed by atoms with E-state index in [1.165, 1.54) is 23.4 Å². The molecule has 1 aliphatic rings. The van der Waals surface area contributed by atoms with E-state index in [9.17, 15) is 0 Å². The van der Waals surface area contributed by atoms with Crippen molar-refractivity contribution in [2.24, 2.45) is 12.0 Å². The standard InChI is InChI=1S/C17H31N5S/c1-6-15-12-22(10-11-23-15)17(18-7-2)19-9-8-16-13(3)20-21(5)14(16)4/h15H,6-12H2,1-5H3,(H,18,19). The highest BCUT2D eigenvalue weighted by molar-refractivity contribution is 8.00. The molecule has 0 saturated carbocycles. The molecule has 23 heavy (non-hydrogen) atoms. The SMILES string of the molecule is CCNC(=NCCc1c(C)nn(C)c1C)N1CCSC(CC)C1. The van der Waals surface area contributed by atoms with Gasteiger partial charge in [0.25, 0.3) is 0 Å². The van der Waals surface area contributed by atoms with Gasteiger partial charge < -0.3 is 10.2 Å². The molecule has 1 aromatic rings. The van der Waals surface area contributed by atoms with Gasteiger partial charge in [-0.3, -0.25) is 9.67 Å². The molecule has 1 N–H and O–H groups in total. The van der Waals surface area contributed by atoms with Crippen LogP contribution in [0.15, 0.2) is 4.99 Å². The summed E-state index contributed by atoms with van der Waals surface area (Å²) in [5.41, 5.74) is 3.72. The lowest BCUT2D eigenvalue weighted by Crippen LogP contribution is -2.48. The Labute approximate surface area is 144 Å². The van der Waals surface area contributed by atoms with E-state index >= 15 is 0 Å². The Kier molecular flexibility index (Phi) is 6.81. The Morgan fingerprint density at radius 1 is 1.39 bits per heavy atom. The predicted molar refractivity (Wildman–Crippen MR) is 100 cm³/mol. The summed E-state index contributed by atoms with van der Waals surface area (Å²) in [6.07, 6.45) is 2.19. The fourth-order valence-electron chi connectivity index (χ4n) is 3.04. The van der Waals surface area contributed by atoms with Gasteiger partial charge in [-0.25, -0.2) is 0 Å². The first kappa shape index (κ1) is 18.2. The lowest BCUT2D eigenvalue weighted by Gasteiger charge is -2.34. The molecule has 1 saturated heterocycles. The highest BCUT2D eigenvalue weighted by Crippen LogP contribution is 2.21. The maximum atomic E-state index is 4.88. The molecule has 1 atom stereocenters. The minimum Gasteiger partial charge on any atom is -0.357 e. The summed E-state index contributed by atoms with van der Waals surface area (Å²) < 4.78 is 1.97. The predicted octanol–water partition coefficient (Wildman–Crippen LogP) is 2.37. The summed E-state index contributed by atoms with van der Waals surface area (Å²) >= 11 is 2.09. The van der Waals surface area contributed by atoms with E-state index in [0.29, 0.717) is 0 Å². The average Bonchev–Trinajstić information content (AvgIpc) is 2.80. The van der Waals surface area contributed by atoms with Crippen LogP contribution in [0.4, 0.5) is 0 Å². The molecule has 1 unspecified atom stereocenters.